The first-order valence-electron chi connectivity index (χ1n) is 31.6. The number of hydrogen-bond donors (Lipinski definition) is 1. The van der Waals surface area contributed by atoms with Gasteiger partial charge in [-0.25, -0.2) is 17.6 Å². The molecule has 15 nitrogen and oxygen atoms in total. The maximum Gasteiger partial charge on any atom is 1.00 e. The molecule has 2 aromatic heterocycles. The Morgan fingerprint density at radius 3 is 1.16 bits per heavy atom. The molecule has 2 N–H and O–H groups in total. The van der Waals surface area contributed by atoms with E-state index in [1.54, 1.807) is 85.5 Å². The molecule has 2 heterocycles. The number of esters is 1. The molecule has 0 aliphatic heterocycles. The first kappa shape index (κ1) is 81.1. The average molecular weight is 1300 g/mol. The summed E-state index contributed by atoms with van der Waals surface area (Å²) in [5.41, 5.74) is 7.90. The van der Waals surface area contributed by atoms with Crippen molar-refractivity contribution in [2.24, 2.45) is 11.8 Å². The summed E-state index contributed by atoms with van der Waals surface area (Å²) in [4.78, 5) is 83.7. The Morgan fingerprint density at radius 1 is 0.521 bits per heavy atom. The fourth-order valence-electron chi connectivity index (χ4n) is 12.3. The SMILES string of the molecule is CCOC(=O)C[C@H](CC(=O)C(CC(C)C)n1cc(CCN(C)C)c(C)c(F)c1=O)c1cc(-c2c(C)cc(OC)cc2C)cc(C)c1F.COc1cc(C)c(-c2cc(C)c(F)c([C@H](CC(=O)O)CC(=O)C(CC(C)C)n3cc(CCN(C)C)c(C)c(F)c3=O)c2)c(C)c1.[Li+].[OH-]. The molecule has 4 aromatic carbocycles. The van der Waals surface area contributed by atoms with Crippen molar-refractivity contribution < 1.29 is 80.4 Å². The second-order valence-electron chi connectivity index (χ2n) is 26.0. The van der Waals surface area contributed by atoms with Crippen molar-refractivity contribution in [1.82, 2.24) is 18.9 Å². The smallest absolute Gasteiger partial charge is 0.870 e. The number of aromatic nitrogens is 2. The number of benzene rings is 4. The number of carboxylic acid groups (broad SMARTS) is 1. The third-order valence-corrected chi connectivity index (χ3v) is 17.1. The van der Waals surface area contributed by atoms with Crippen LogP contribution in [0.3, 0.4) is 0 Å². The molecule has 6 aromatic rings. The molecule has 20 heteroatoms. The standard InChI is InChI=1S/C38H50F2N2O5.C36H46F2N2O5.Li.H2O/c1-11-47-34(44)20-28(31-18-29(15-25(6)36(31)39)35-23(4)16-30(46-10)17-24(35)5)19-33(43)32(14-22(2)3)42-21-27(12-13-41(8)9)26(7)37(40)38(42)45;1-20(2)12-30(40-19-25(10-11-39(7)8)24(6)35(38)36(40)44)31(41)17-26(18-32(42)43)29-16-27(13-23(5)34(29)37)33-21(3)14-28(45-9)15-22(33)4;;/h15-18,21-22,28,32H,11-14,19-20H2,1-10H3;13-16,19-20,26,30H,10-12,17-18H2,1-9H3,(H,42,43);;1H2/q;;+1;/p-1/t28-,32?;26-,30?;;/m00../s1. The average Bonchev–Trinajstić information content (AvgIpc) is 0.811. The minimum atomic E-state index is -1.18. The van der Waals surface area contributed by atoms with Gasteiger partial charge in [0.1, 0.15) is 23.1 Å². The third-order valence-electron chi connectivity index (χ3n) is 17.1. The molecule has 4 atom stereocenters. The molecule has 94 heavy (non-hydrogen) atoms. The zero-order valence-electron chi connectivity index (χ0n) is 58.9. The van der Waals surface area contributed by atoms with Gasteiger partial charge >= 0.3 is 30.8 Å². The summed E-state index contributed by atoms with van der Waals surface area (Å²) in [5, 5.41) is 9.85. The summed E-state index contributed by atoms with van der Waals surface area (Å²) >= 11 is 0. The number of nitrogens with zero attached hydrogens (tertiary/aromatic N) is 4. The van der Waals surface area contributed by atoms with Gasteiger partial charge in [0.25, 0.3) is 11.1 Å². The Balaban J connectivity index is 0.000000480. The number of methoxy groups -OCH3 is 2. The fourth-order valence-corrected chi connectivity index (χ4v) is 12.3. The van der Waals surface area contributed by atoms with Crippen molar-refractivity contribution in [2.45, 2.75) is 165 Å². The molecule has 0 bridgehead atoms. The molecule has 0 saturated carbocycles. The van der Waals surface area contributed by atoms with Crippen molar-refractivity contribution in [2.75, 3.05) is 62.1 Å². The van der Waals surface area contributed by atoms with Gasteiger partial charge in [-0.05, 0) is 266 Å². The molecule has 0 aliphatic carbocycles. The van der Waals surface area contributed by atoms with E-state index in [9.17, 15) is 33.9 Å². The van der Waals surface area contributed by atoms with Crippen LogP contribution in [0.25, 0.3) is 22.3 Å². The van der Waals surface area contributed by atoms with E-state index in [-0.39, 0.29) is 103 Å². The van der Waals surface area contributed by atoms with Gasteiger partial charge in [-0.3, -0.25) is 28.8 Å². The van der Waals surface area contributed by atoms with Gasteiger partial charge in [-0.1, -0.05) is 27.7 Å². The topological polar surface area (TPSA) is 197 Å². The van der Waals surface area contributed by atoms with E-state index >= 15 is 17.6 Å². The molecule has 0 radical (unpaired) electrons. The number of aliphatic carboxylic acids is 1. The summed E-state index contributed by atoms with van der Waals surface area (Å²) in [6.07, 6.45) is 3.31. The Hall–Kier alpha value is -7.14. The van der Waals surface area contributed by atoms with E-state index in [1.165, 1.54) is 4.57 Å². The van der Waals surface area contributed by atoms with Crippen LogP contribution >= 0.6 is 0 Å². The van der Waals surface area contributed by atoms with Crippen LogP contribution in [0.4, 0.5) is 17.6 Å². The number of ether oxygens (including phenoxy) is 3. The minimum absolute atomic E-state index is 0. The van der Waals surface area contributed by atoms with Crippen LogP contribution in [0.1, 0.15) is 164 Å². The second kappa shape index (κ2) is 36.1. The summed E-state index contributed by atoms with van der Waals surface area (Å²) in [5.74, 6) is -6.01. The van der Waals surface area contributed by atoms with E-state index < -0.39 is 82.4 Å². The van der Waals surface area contributed by atoms with Gasteiger partial charge in [0.2, 0.25) is 0 Å². The Kier molecular flexibility index (Phi) is 31.1. The second-order valence-corrected chi connectivity index (χ2v) is 26.0. The predicted molar refractivity (Wildman–Crippen MR) is 358 cm³/mol. The summed E-state index contributed by atoms with van der Waals surface area (Å²) in [7, 11) is 10.8. The van der Waals surface area contributed by atoms with E-state index in [2.05, 4.69) is 0 Å². The zero-order valence-corrected chi connectivity index (χ0v) is 58.9. The molecule has 0 saturated heterocycles. The number of aryl methyl sites for hydroxylation is 6. The van der Waals surface area contributed by atoms with E-state index in [4.69, 9.17) is 14.2 Å². The van der Waals surface area contributed by atoms with Crippen molar-refractivity contribution in [3.8, 4) is 33.8 Å². The number of halogens is 4. The molecule has 0 fully saturated rings. The molecular formula is C74H97F4LiN4O11. The van der Waals surface area contributed by atoms with Gasteiger partial charge in [0.05, 0.1) is 45.8 Å². The Bertz CT molecular complexity index is 3740. The van der Waals surface area contributed by atoms with Crippen LogP contribution in [-0.4, -0.2) is 115 Å². The monoisotopic (exact) mass is 1300 g/mol. The number of ketones is 2. The van der Waals surface area contributed by atoms with Gasteiger partial charge in [0, 0.05) is 50.2 Å². The molecular weight excluding hydrogens is 1200 g/mol. The number of rotatable bonds is 29. The van der Waals surface area contributed by atoms with Gasteiger partial charge in [-0.2, -0.15) is 0 Å². The van der Waals surface area contributed by atoms with Crippen molar-refractivity contribution in [3.63, 3.8) is 0 Å². The van der Waals surface area contributed by atoms with Crippen molar-refractivity contribution in [1.29, 1.82) is 0 Å². The first-order valence-corrected chi connectivity index (χ1v) is 31.6. The first-order chi connectivity index (χ1) is 43.1. The number of carboxylic acids is 1. The number of Topliss-reactive ketones (excluding diaryl/α,β-unsaturated/α-hetero) is 2. The summed E-state index contributed by atoms with van der Waals surface area (Å²) in [6, 6.07) is 12.3. The van der Waals surface area contributed by atoms with Crippen LogP contribution in [0, 0.1) is 90.5 Å². The molecule has 2 unspecified atom stereocenters. The largest absolute Gasteiger partial charge is 1.00 e. The van der Waals surface area contributed by atoms with Gasteiger partial charge in [0.15, 0.2) is 23.2 Å². The van der Waals surface area contributed by atoms with Crippen LogP contribution in [0.15, 0.2) is 70.5 Å². The number of carbonyl (C=O) groups excluding carboxylic acids is 3. The Morgan fingerprint density at radius 2 is 0.862 bits per heavy atom. The predicted octanol–water partition coefficient (Wildman–Crippen LogP) is 11.2. The number of pyridine rings is 2. The van der Waals surface area contributed by atoms with Crippen LogP contribution < -0.4 is 39.5 Å². The normalized spacial score (nSPS) is 12.6. The quantitative estimate of drug-likeness (QED) is 0.0265. The maximum atomic E-state index is 16.1. The van der Waals surface area contributed by atoms with E-state index in [1.807, 2.05) is 118 Å². The summed E-state index contributed by atoms with van der Waals surface area (Å²) in [6.45, 7) is 24.8. The zero-order chi connectivity index (χ0) is 68.9. The summed E-state index contributed by atoms with van der Waals surface area (Å²) < 4.78 is 80.9. The van der Waals surface area contributed by atoms with Gasteiger partial charge < -0.3 is 43.7 Å². The molecule has 0 spiro atoms. The van der Waals surface area contributed by atoms with Crippen LogP contribution in [0.2, 0.25) is 0 Å². The Labute approximate surface area is 564 Å². The molecule has 0 aliphatic rings. The third kappa shape index (κ3) is 20.7. The molecule has 0 amide bonds. The van der Waals surface area contributed by atoms with Crippen LogP contribution in [-0.2, 0) is 36.8 Å². The number of hydrogen-bond acceptors (Lipinski definition) is 12. The van der Waals surface area contributed by atoms with Crippen molar-refractivity contribution >= 4 is 23.5 Å². The van der Waals surface area contributed by atoms with E-state index in [0.717, 1.165) is 43.5 Å². The number of likely N-dealkylation sites (N-methyl/N-ethyl adjacent to an activating group) is 2. The minimum Gasteiger partial charge on any atom is -0.870 e. The van der Waals surface area contributed by atoms with E-state index in [0.29, 0.717) is 65.2 Å². The molecule has 508 valence electrons. The van der Waals surface area contributed by atoms with Gasteiger partial charge in [-0.15, -0.1) is 0 Å². The molecule has 6 rings (SSSR count). The number of carbonyl (C=O) groups is 4. The van der Waals surface area contributed by atoms with Crippen molar-refractivity contribution in [3.05, 3.63) is 172 Å². The maximum absolute atomic E-state index is 16.1. The van der Waals surface area contributed by atoms with Crippen LogP contribution in [0.5, 0.6) is 11.5 Å². The fraction of sp³-hybridized carbons (Fsp3) is 0.486.